The molecule has 1 aromatic carbocycles. The van der Waals surface area contributed by atoms with E-state index in [-0.39, 0.29) is 11.3 Å². The topological polar surface area (TPSA) is 84.7 Å². The third-order valence-electron chi connectivity index (χ3n) is 4.37. The molecule has 2 aromatic rings. The molecule has 1 aromatic heterocycles. The minimum Gasteiger partial charge on any atom is -0.443 e. The van der Waals surface area contributed by atoms with Gasteiger partial charge in [0.25, 0.3) is 5.91 Å². The molecule has 0 fully saturated rings. The van der Waals surface area contributed by atoms with Crippen molar-refractivity contribution < 1.29 is 18.8 Å². The zero-order valence-corrected chi connectivity index (χ0v) is 17.3. The second-order valence-electron chi connectivity index (χ2n) is 9.01. The molecule has 0 unspecified atom stereocenters. The molecular formula is C21H27N3O4. The Hall–Kier alpha value is -2.83. The number of hydrogen-bond acceptors (Lipinski definition) is 5. The van der Waals surface area contributed by atoms with Crippen LogP contribution in [0, 0.1) is 0 Å². The minimum absolute atomic E-state index is 0.173. The first-order valence-corrected chi connectivity index (χ1v) is 9.36. The van der Waals surface area contributed by atoms with Gasteiger partial charge in [0.2, 0.25) is 5.88 Å². The first-order valence-electron chi connectivity index (χ1n) is 9.36. The Morgan fingerprint density at radius 2 is 1.86 bits per heavy atom. The molecule has 1 N–H and O–H groups in total. The van der Waals surface area contributed by atoms with Crippen LogP contribution in [0.4, 0.5) is 16.4 Å². The largest absolute Gasteiger partial charge is 0.443 e. The quantitative estimate of drug-likeness (QED) is 0.821. The highest BCUT2D eigenvalue weighted by Crippen LogP contribution is 2.31. The predicted molar refractivity (Wildman–Crippen MR) is 107 cm³/mol. The molecule has 0 radical (unpaired) electrons. The smallest absolute Gasteiger partial charge is 0.414 e. The summed E-state index contributed by atoms with van der Waals surface area (Å²) in [5.74, 6) is -0.0325. The van der Waals surface area contributed by atoms with Gasteiger partial charge < -0.3 is 9.26 Å². The maximum Gasteiger partial charge on any atom is 0.414 e. The van der Waals surface area contributed by atoms with Crippen molar-refractivity contribution in [2.45, 2.75) is 59.0 Å². The lowest BCUT2D eigenvalue weighted by Crippen LogP contribution is -2.35. The van der Waals surface area contributed by atoms with E-state index in [1.54, 1.807) is 23.1 Å². The van der Waals surface area contributed by atoms with Gasteiger partial charge in [0.05, 0.1) is 11.4 Å². The highest BCUT2D eigenvalue weighted by Gasteiger charge is 2.29. The molecule has 2 heterocycles. The molecule has 0 atom stereocenters. The van der Waals surface area contributed by atoms with E-state index >= 15 is 0 Å². The minimum atomic E-state index is -0.578. The summed E-state index contributed by atoms with van der Waals surface area (Å²) in [6.45, 7) is 12.1. The average molecular weight is 385 g/mol. The molecule has 1 aliphatic rings. The van der Waals surface area contributed by atoms with E-state index in [1.165, 1.54) is 0 Å². The predicted octanol–water partition coefficient (Wildman–Crippen LogP) is 4.52. The molecular weight excluding hydrogens is 358 g/mol. The van der Waals surface area contributed by atoms with Crippen molar-refractivity contribution in [3.05, 3.63) is 41.1 Å². The molecule has 1 aliphatic heterocycles. The highest BCUT2D eigenvalue weighted by atomic mass is 16.6. The second-order valence-corrected chi connectivity index (χ2v) is 9.01. The maximum absolute atomic E-state index is 12.6. The Labute approximate surface area is 165 Å². The van der Waals surface area contributed by atoms with E-state index in [4.69, 9.17) is 9.26 Å². The summed E-state index contributed by atoms with van der Waals surface area (Å²) in [5, 5.41) is 6.72. The van der Waals surface area contributed by atoms with Crippen LogP contribution in [0.2, 0.25) is 0 Å². The molecule has 0 spiro atoms. The molecule has 7 nitrogen and oxygen atoms in total. The number of carbonyl (C=O) groups is 2. The lowest BCUT2D eigenvalue weighted by Gasteiger charge is -2.25. The van der Waals surface area contributed by atoms with Crippen molar-refractivity contribution in [2.24, 2.45) is 0 Å². The van der Waals surface area contributed by atoms with Crippen LogP contribution in [0.25, 0.3) is 0 Å². The first kappa shape index (κ1) is 19.9. The van der Waals surface area contributed by atoms with Crippen LogP contribution in [0.15, 0.2) is 28.8 Å². The van der Waals surface area contributed by atoms with Gasteiger partial charge in [-0.3, -0.25) is 15.0 Å². The van der Waals surface area contributed by atoms with Crippen molar-refractivity contribution in [1.82, 2.24) is 5.16 Å². The first-order chi connectivity index (χ1) is 12.9. The van der Waals surface area contributed by atoms with Crippen LogP contribution in [0.5, 0.6) is 0 Å². The maximum atomic E-state index is 12.6. The van der Waals surface area contributed by atoms with E-state index in [9.17, 15) is 9.59 Å². The molecule has 3 rings (SSSR count). The van der Waals surface area contributed by atoms with E-state index in [2.05, 4.69) is 10.5 Å². The molecule has 28 heavy (non-hydrogen) atoms. The van der Waals surface area contributed by atoms with Crippen molar-refractivity contribution in [3.8, 4) is 0 Å². The number of rotatable bonds is 2. The van der Waals surface area contributed by atoms with Crippen LogP contribution in [0.1, 0.15) is 63.2 Å². The Morgan fingerprint density at radius 1 is 1.14 bits per heavy atom. The molecule has 2 amide bonds. The normalized spacial score (nSPS) is 14.0. The van der Waals surface area contributed by atoms with Gasteiger partial charge in [-0.1, -0.05) is 32.0 Å². The fraction of sp³-hybridized carbons (Fsp3) is 0.476. The molecule has 7 heteroatoms. The average Bonchev–Trinajstić information content (AvgIpc) is 3.18. The molecule has 0 saturated carbocycles. The standard InChI is InChI=1S/C21H27N3O4/c1-20(2,3)16-12-17(28-23-16)22-18(25)14-8-7-13-9-10-24(15(13)11-14)19(26)27-21(4,5)6/h7-8,11-12H,9-10H2,1-6H3,(H,22,25). The van der Waals surface area contributed by atoms with Gasteiger partial charge >= 0.3 is 6.09 Å². The van der Waals surface area contributed by atoms with E-state index in [1.807, 2.05) is 47.6 Å². The van der Waals surface area contributed by atoms with Gasteiger partial charge in [0, 0.05) is 23.6 Å². The summed E-state index contributed by atoms with van der Waals surface area (Å²) in [7, 11) is 0. The third-order valence-corrected chi connectivity index (χ3v) is 4.37. The van der Waals surface area contributed by atoms with Crippen LogP contribution in [-0.2, 0) is 16.6 Å². The molecule has 0 aliphatic carbocycles. The highest BCUT2D eigenvalue weighted by molar-refractivity contribution is 6.05. The Morgan fingerprint density at radius 3 is 2.46 bits per heavy atom. The number of nitrogens with one attached hydrogen (secondary N) is 1. The Bertz CT molecular complexity index is 903. The van der Waals surface area contributed by atoms with Gasteiger partial charge in [0.15, 0.2) is 0 Å². The lowest BCUT2D eigenvalue weighted by molar-refractivity contribution is 0.0583. The van der Waals surface area contributed by atoms with Crippen LogP contribution in [0.3, 0.4) is 0 Å². The van der Waals surface area contributed by atoms with E-state index < -0.39 is 11.7 Å². The van der Waals surface area contributed by atoms with Gasteiger partial charge in [0.1, 0.15) is 5.60 Å². The summed E-state index contributed by atoms with van der Waals surface area (Å²) in [5.41, 5.74) is 2.16. The van der Waals surface area contributed by atoms with Gasteiger partial charge in [-0.15, -0.1) is 0 Å². The number of ether oxygens (including phenoxy) is 1. The summed E-state index contributed by atoms with van der Waals surface area (Å²) in [6.07, 6.45) is 0.321. The number of benzene rings is 1. The monoisotopic (exact) mass is 385 g/mol. The number of amides is 2. The number of fused-ring (bicyclic) bond motifs is 1. The molecule has 0 saturated heterocycles. The summed E-state index contributed by atoms with van der Waals surface area (Å²) >= 11 is 0. The number of nitrogens with zero attached hydrogens (tertiary/aromatic N) is 2. The fourth-order valence-electron chi connectivity index (χ4n) is 2.90. The summed E-state index contributed by atoms with van der Waals surface area (Å²) < 4.78 is 10.7. The Kier molecular flexibility index (Phi) is 4.95. The zero-order valence-electron chi connectivity index (χ0n) is 17.3. The van der Waals surface area contributed by atoms with Crippen LogP contribution >= 0.6 is 0 Å². The van der Waals surface area contributed by atoms with Crippen LogP contribution in [-0.4, -0.2) is 29.3 Å². The van der Waals surface area contributed by atoms with Gasteiger partial charge in [-0.2, -0.15) is 0 Å². The van der Waals surface area contributed by atoms with Crippen molar-refractivity contribution in [2.75, 3.05) is 16.8 Å². The third kappa shape index (κ3) is 4.35. The fourth-order valence-corrected chi connectivity index (χ4v) is 2.90. The number of hydrogen-bond donors (Lipinski definition) is 1. The van der Waals surface area contributed by atoms with E-state index in [0.29, 0.717) is 23.7 Å². The van der Waals surface area contributed by atoms with E-state index in [0.717, 1.165) is 17.7 Å². The number of anilines is 2. The number of carbonyl (C=O) groups excluding carboxylic acids is 2. The lowest BCUT2D eigenvalue weighted by atomic mass is 9.92. The summed E-state index contributed by atoms with van der Waals surface area (Å²) in [6, 6.07) is 7.05. The zero-order chi connectivity index (χ0) is 20.7. The van der Waals surface area contributed by atoms with Crippen LogP contribution < -0.4 is 10.2 Å². The number of aromatic nitrogens is 1. The SMILES string of the molecule is CC(C)(C)OC(=O)N1CCc2ccc(C(=O)Nc3cc(C(C)(C)C)no3)cc21. The van der Waals surface area contributed by atoms with Gasteiger partial charge in [-0.25, -0.2) is 4.79 Å². The summed E-state index contributed by atoms with van der Waals surface area (Å²) in [4.78, 5) is 26.7. The molecule has 0 bridgehead atoms. The second kappa shape index (κ2) is 6.96. The van der Waals surface area contributed by atoms with Crippen molar-refractivity contribution in [3.63, 3.8) is 0 Å². The van der Waals surface area contributed by atoms with Crippen molar-refractivity contribution in [1.29, 1.82) is 0 Å². The molecule has 150 valence electrons. The van der Waals surface area contributed by atoms with Crippen molar-refractivity contribution >= 4 is 23.6 Å². The Balaban J connectivity index is 1.77. The van der Waals surface area contributed by atoms with Gasteiger partial charge in [-0.05, 0) is 44.9 Å².